The van der Waals surface area contributed by atoms with Gasteiger partial charge in [-0.3, -0.25) is 0 Å². The number of methoxy groups -OCH3 is 1. The van der Waals surface area contributed by atoms with Crippen molar-refractivity contribution in [3.05, 3.63) is 41.6 Å². The Hall–Kier alpha value is -2.30. The molecule has 1 aromatic heterocycles. The lowest BCUT2D eigenvalue weighted by atomic mass is 10.1. The van der Waals surface area contributed by atoms with E-state index in [0.717, 1.165) is 30.1 Å². The van der Waals surface area contributed by atoms with Crippen LogP contribution in [0.1, 0.15) is 11.1 Å². The normalized spacial score (nSPS) is 10.2. The zero-order chi connectivity index (χ0) is 13.7. The number of rotatable bonds is 5. The van der Waals surface area contributed by atoms with Crippen molar-refractivity contribution in [3.63, 3.8) is 0 Å². The van der Waals surface area contributed by atoms with Gasteiger partial charge in [0.15, 0.2) is 0 Å². The lowest BCUT2D eigenvalue weighted by Crippen LogP contribution is -2.09. The predicted octanol–water partition coefficient (Wildman–Crippen LogP) is 2.03. The maximum Gasteiger partial charge on any atom is 0.221 e. The van der Waals surface area contributed by atoms with Crippen molar-refractivity contribution < 1.29 is 4.74 Å². The Kier molecular flexibility index (Phi) is 4.18. The van der Waals surface area contributed by atoms with E-state index in [0.29, 0.717) is 0 Å². The van der Waals surface area contributed by atoms with Crippen LogP contribution < -0.4 is 15.8 Å². The van der Waals surface area contributed by atoms with E-state index in [9.17, 15) is 0 Å². The second-order valence-electron chi connectivity index (χ2n) is 4.29. The summed E-state index contributed by atoms with van der Waals surface area (Å²) < 4.78 is 5.20. The molecule has 0 unspecified atom stereocenters. The fraction of sp³-hybridized carbons (Fsp3) is 0.286. The first-order chi connectivity index (χ1) is 9.19. The lowest BCUT2D eigenvalue weighted by Gasteiger charge is -2.09. The maximum atomic E-state index is 5.57. The highest BCUT2D eigenvalue weighted by molar-refractivity contribution is 5.45. The van der Waals surface area contributed by atoms with Crippen molar-refractivity contribution in [2.45, 2.75) is 13.3 Å². The van der Waals surface area contributed by atoms with Gasteiger partial charge in [-0.1, -0.05) is 12.1 Å². The van der Waals surface area contributed by atoms with Gasteiger partial charge >= 0.3 is 0 Å². The summed E-state index contributed by atoms with van der Waals surface area (Å²) in [4.78, 5) is 8.11. The number of nitrogens with zero attached hydrogens (tertiary/aromatic N) is 2. The highest BCUT2D eigenvalue weighted by Crippen LogP contribution is 2.14. The van der Waals surface area contributed by atoms with Gasteiger partial charge < -0.3 is 15.8 Å². The molecule has 0 aliphatic carbocycles. The number of nitrogen functional groups attached to an aromatic ring is 1. The molecule has 3 N–H and O–H groups in total. The van der Waals surface area contributed by atoms with Gasteiger partial charge in [0.2, 0.25) is 5.95 Å². The van der Waals surface area contributed by atoms with Crippen LogP contribution in [0.5, 0.6) is 5.75 Å². The smallest absolute Gasteiger partial charge is 0.221 e. The van der Waals surface area contributed by atoms with Crippen LogP contribution in [0.15, 0.2) is 30.5 Å². The highest BCUT2D eigenvalue weighted by Gasteiger charge is 2.01. The Balaban J connectivity index is 1.94. The zero-order valence-corrected chi connectivity index (χ0v) is 11.2. The van der Waals surface area contributed by atoms with Crippen LogP contribution in [0.2, 0.25) is 0 Å². The minimum Gasteiger partial charge on any atom is -0.497 e. The Bertz CT molecular complexity index is 557. The molecule has 5 heteroatoms. The van der Waals surface area contributed by atoms with E-state index in [4.69, 9.17) is 10.5 Å². The van der Waals surface area contributed by atoms with Crippen molar-refractivity contribution in [3.8, 4) is 5.75 Å². The van der Waals surface area contributed by atoms with E-state index in [1.807, 2.05) is 25.1 Å². The molecule has 0 aliphatic rings. The van der Waals surface area contributed by atoms with Gasteiger partial charge in [0.1, 0.15) is 11.6 Å². The predicted molar refractivity (Wildman–Crippen MR) is 76.4 cm³/mol. The maximum absolute atomic E-state index is 5.57. The molecule has 0 spiro atoms. The van der Waals surface area contributed by atoms with Crippen LogP contribution >= 0.6 is 0 Å². The molecule has 0 fully saturated rings. The zero-order valence-electron chi connectivity index (χ0n) is 11.2. The molecule has 1 heterocycles. The fourth-order valence-corrected chi connectivity index (χ4v) is 1.79. The van der Waals surface area contributed by atoms with E-state index < -0.39 is 0 Å². The van der Waals surface area contributed by atoms with Crippen LogP contribution in [0.4, 0.5) is 11.8 Å². The summed E-state index contributed by atoms with van der Waals surface area (Å²) >= 11 is 0. The Morgan fingerprint density at radius 1 is 1.37 bits per heavy atom. The quantitative estimate of drug-likeness (QED) is 0.858. The Morgan fingerprint density at radius 2 is 2.21 bits per heavy atom. The van der Waals surface area contributed by atoms with E-state index in [2.05, 4.69) is 21.4 Å². The molecule has 0 bridgehead atoms. The summed E-state index contributed by atoms with van der Waals surface area (Å²) in [6.45, 7) is 2.73. The molecule has 2 aromatic rings. The van der Waals surface area contributed by atoms with Crippen LogP contribution in [-0.4, -0.2) is 23.6 Å². The molecule has 0 radical (unpaired) electrons. The lowest BCUT2D eigenvalue weighted by molar-refractivity contribution is 0.414. The van der Waals surface area contributed by atoms with Crippen molar-refractivity contribution in [2.24, 2.45) is 0 Å². The van der Waals surface area contributed by atoms with Crippen molar-refractivity contribution in [1.29, 1.82) is 0 Å². The molecule has 1 aromatic carbocycles. The van der Waals surface area contributed by atoms with Crippen LogP contribution in [0.3, 0.4) is 0 Å². The third-order valence-electron chi connectivity index (χ3n) is 2.83. The summed E-state index contributed by atoms with van der Waals surface area (Å²) in [7, 11) is 1.67. The molecule has 0 saturated carbocycles. The average molecular weight is 258 g/mol. The second kappa shape index (κ2) is 6.04. The first kappa shape index (κ1) is 13.1. The van der Waals surface area contributed by atoms with Gasteiger partial charge in [-0.15, -0.1) is 0 Å². The standard InChI is InChI=1S/C14H18N4O/c1-10-9-17-14(15)18-13(10)16-7-6-11-4-3-5-12(8-11)19-2/h3-5,8-9H,6-7H2,1-2H3,(H3,15,16,17,18). The third-order valence-corrected chi connectivity index (χ3v) is 2.83. The number of nitrogens with two attached hydrogens (primary N) is 1. The van der Waals surface area contributed by atoms with Gasteiger partial charge in [0.05, 0.1) is 7.11 Å². The fourth-order valence-electron chi connectivity index (χ4n) is 1.79. The summed E-state index contributed by atoms with van der Waals surface area (Å²) in [6.07, 6.45) is 2.61. The molecule has 19 heavy (non-hydrogen) atoms. The molecule has 0 saturated heterocycles. The van der Waals surface area contributed by atoms with Crippen LogP contribution in [0, 0.1) is 6.92 Å². The SMILES string of the molecule is COc1cccc(CCNc2nc(N)ncc2C)c1. The molecule has 0 amide bonds. The highest BCUT2D eigenvalue weighted by atomic mass is 16.5. The summed E-state index contributed by atoms with van der Waals surface area (Å²) in [5, 5.41) is 3.27. The van der Waals surface area contributed by atoms with Crippen molar-refractivity contribution in [2.75, 3.05) is 24.7 Å². The topological polar surface area (TPSA) is 73.1 Å². The summed E-state index contributed by atoms with van der Waals surface area (Å²) in [5.41, 5.74) is 7.77. The first-order valence-corrected chi connectivity index (χ1v) is 6.15. The minimum atomic E-state index is 0.287. The van der Waals surface area contributed by atoms with Crippen molar-refractivity contribution in [1.82, 2.24) is 9.97 Å². The third kappa shape index (κ3) is 3.58. The van der Waals surface area contributed by atoms with E-state index in [-0.39, 0.29) is 5.95 Å². The molecule has 5 nitrogen and oxygen atoms in total. The van der Waals surface area contributed by atoms with Crippen molar-refractivity contribution >= 4 is 11.8 Å². The molecular weight excluding hydrogens is 240 g/mol. The average Bonchev–Trinajstić information content (AvgIpc) is 2.43. The number of hydrogen-bond acceptors (Lipinski definition) is 5. The Labute approximate surface area is 112 Å². The van der Waals surface area contributed by atoms with Gasteiger partial charge in [0.25, 0.3) is 0 Å². The number of hydrogen-bond donors (Lipinski definition) is 2. The molecule has 0 aliphatic heterocycles. The summed E-state index contributed by atoms with van der Waals surface area (Å²) in [6, 6.07) is 8.03. The largest absolute Gasteiger partial charge is 0.497 e. The number of aromatic nitrogens is 2. The number of aryl methyl sites for hydroxylation is 1. The molecular formula is C14H18N4O. The van der Waals surface area contributed by atoms with Crippen LogP contribution in [0.25, 0.3) is 0 Å². The van der Waals surface area contributed by atoms with Gasteiger partial charge in [-0.25, -0.2) is 4.98 Å². The molecule has 100 valence electrons. The van der Waals surface area contributed by atoms with E-state index in [1.54, 1.807) is 13.3 Å². The van der Waals surface area contributed by atoms with Gasteiger partial charge in [-0.05, 0) is 31.0 Å². The van der Waals surface area contributed by atoms with E-state index in [1.165, 1.54) is 5.56 Å². The second-order valence-corrected chi connectivity index (χ2v) is 4.29. The minimum absolute atomic E-state index is 0.287. The number of anilines is 2. The molecule has 2 rings (SSSR count). The van der Waals surface area contributed by atoms with Gasteiger partial charge in [0, 0.05) is 18.3 Å². The van der Waals surface area contributed by atoms with Crippen LogP contribution in [-0.2, 0) is 6.42 Å². The Morgan fingerprint density at radius 3 is 3.00 bits per heavy atom. The number of ether oxygens (including phenoxy) is 1. The number of benzene rings is 1. The number of nitrogens with one attached hydrogen (secondary N) is 1. The van der Waals surface area contributed by atoms with Gasteiger partial charge in [-0.2, -0.15) is 4.98 Å². The molecule has 0 atom stereocenters. The first-order valence-electron chi connectivity index (χ1n) is 6.15. The summed E-state index contributed by atoms with van der Waals surface area (Å²) in [5.74, 6) is 1.95. The van der Waals surface area contributed by atoms with E-state index >= 15 is 0 Å². The monoisotopic (exact) mass is 258 g/mol.